The van der Waals surface area contributed by atoms with Crippen LogP contribution in [0, 0.1) is 0 Å². The number of hydrogen-bond donors (Lipinski definition) is 0. The maximum atomic E-state index is 5.74. The highest BCUT2D eigenvalue weighted by atomic mass is 79.9. The predicted octanol–water partition coefficient (Wildman–Crippen LogP) is 4.56. The van der Waals surface area contributed by atoms with Crippen LogP contribution in [0.25, 0.3) is 0 Å². The number of halogens is 1. The van der Waals surface area contributed by atoms with Crippen molar-refractivity contribution in [3.63, 3.8) is 0 Å². The Labute approximate surface area is 145 Å². The summed E-state index contributed by atoms with van der Waals surface area (Å²) in [4.78, 5) is 2.56. The quantitative estimate of drug-likeness (QED) is 0.787. The number of benzene rings is 2. The Morgan fingerprint density at radius 1 is 1.00 bits per heavy atom. The molecule has 4 rings (SSSR count). The standard InChI is InChI=1S/C19H20BrNO2/c20-16-6-3-14(4-7-16)13-21-9-1-2-17(21)15-5-8-18-19(12-15)23-11-10-22-18/h3-8,12,17H,1-2,9-11,13H2. The first-order valence-corrected chi connectivity index (χ1v) is 8.97. The summed E-state index contributed by atoms with van der Waals surface area (Å²) in [5.74, 6) is 1.77. The van der Waals surface area contributed by atoms with Gasteiger partial charge in [-0.05, 0) is 54.8 Å². The summed E-state index contributed by atoms with van der Waals surface area (Å²) in [5.41, 5.74) is 2.70. The van der Waals surface area contributed by atoms with Gasteiger partial charge in [-0.2, -0.15) is 0 Å². The molecule has 0 N–H and O–H groups in total. The van der Waals surface area contributed by atoms with Crippen LogP contribution in [0.4, 0.5) is 0 Å². The van der Waals surface area contributed by atoms with E-state index in [1.807, 2.05) is 0 Å². The molecule has 2 aromatic rings. The van der Waals surface area contributed by atoms with Crippen molar-refractivity contribution in [2.24, 2.45) is 0 Å². The molecule has 2 heterocycles. The van der Waals surface area contributed by atoms with E-state index >= 15 is 0 Å². The Hall–Kier alpha value is -1.52. The van der Waals surface area contributed by atoms with Crippen LogP contribution < -0.4 is 9.47 Å². The zero-order chi connectivity index (χ0) is 15.6. The van der Waals surface area contributed by atoms with Crippen LogP contribution in [0.1, 0.15) is 30.0 Å². The van der Waals surface area contributed by atoms with E-state index in [1.54, 1.807) is 0 Å². The van der Waals surface area contributed by atoms with Crippen LogP contribution in [0.5, 0.6) is 11.5 Å². The summed E-state index contributed by atoms with van der Waals surface area (Å²) in [6, 6.07) is 15.5. The Bertz CT molecular complexity index is 686. The monoisotopic (exact) mass is 373 g/mol. The molecule has 1 fully saturated rings. The summed E-state index contributed by atoms with van der Waals surface area (Å²) >= 11 is 3.50. The van der Waals surface area contributed by atoms with E-state index in [-0.39, 0.29) is 0 Å². The summed E-state index contributed by atoms with van der Waals surface area (Å²) in [6.07, 6.45) is 2.45. The first kappa shape index (κ1) is 15.0. The largest absolute Gasteiger partial charge is 0.486 e. The van der Waals surface area contributed by atoms with E-state index in [0.717, 1.165) is 29.1 Å². The van der Waals surface area contributed by atoms with Gasteiger partial charge in [-0.3, -0.25) is 4.90 Å². The summed E-state index contributed by atoms with van der Waals surface area (Å²) in [5, 5.41) is 0. The van der Waals surface area contributed by atoms with Crippen LogP contribution in [0.15, 0.2) is 46.9 Å². The molecule has 0 saturated carbocycles. The van der Waals surface area contributed by atoms with Crippen molar-refractivity contribution in [1.29, 1.82) is 0 Å². The number of nitrogens with zero attached hydrogens (tertiary/aromatic N) is 1. The van der Waals surface area contributed by atoms with Gasteiger partial charge in [0.05, 0.1) is 0 Å². The molecule has 1 saturated heterocycles. The van der Waals surface area contributed by atoms with Gasteiger partial charge in [-0.1, -0.05) is 34.1 Å². The van der Waals surface area contributed by atoms with E-state index in [1.165, 1.54) is 24.0 Å². The first-order chi connectivity index (χ1) is 11.3. The average molecular weight is 374 g/mol. The van der Waals surface area contributed by atoms with Gasteiger partial charge in [-0.25, -0.2) is 0 Å². The SMILES string of the molecule is Brc1ccc(CN2CCCC2c2ccc3c(c2)OCCO3)cc1. The van der Waals surface area contributed by atoms with Gasteiger partial charge in [-0.15, -0.1) is 0 Å². The Kier molecular flexibility index (Phi) is 4.27. The van der Waals surface area contributed by atoms with Crippen LogP contribution in [0.3, 0.4) is 0 Å². The lowest BCUT2D eigenvalue weighted by molar-refractivity contribution is 0.170. The minimum Gasteiger partial charge on any atom is -0.486 e. The molecule has 2 aliphatic rings. The van der Waals surface area contributed by atoms with E-state index in [9.17, 15) is 0 Å². The van der Waals surface area contributed by atoms with Crippen molar-refractivity contribution >= 4 is 15.9 Å². The second-order valence-corrected chi connectivity index (χ2v) is 7.07. The van der Waals surface area contributed by atoms with Gasteiger partial charge < -0.3 is 9.47 Å². The van der Waals surface area contributed by atoms with Crippen LogP contribution >= 0.6 is 15.9 Å². The van der Waals surface area contributed by atoms with Crippen molar-refractivity contribution in [1.82, 2.24) is 4.90 Å². The summed E-state index contributed by atoms with van der Waals surface area (Å²) in [6.45, 7) is 3.43. The second kappa shape index (κ2) is 6.54. The third kappa shape index (κ3) is 3.24. The topological polar surface area (TPSA) is 21.7 Å². The fourth-order valence-corrected chi connectivity index (χ4v) is 3.75. The molecule has 4 heteroatoms. The highest BCUT2D eigenvalue weighted by molar-refractivity contribution is 9.10. The summed E-state index contributed by atoms with van der Waals surface area (Å²) in [7, 11) is 0. The smallest absolute Gasteiger partial charge is 0.161 e. The van der Waals surface area contributed by atoms with E-state index in [4.69, 9.17) is 9.47 Å². The Morgan fingerprint density at radius 2 is 1.78 bits per heavy atom. The van der Waals surface area contributed by atoms with Gasteiger partial charge in [0, 0.05) is 17.1 Å². The molecule has 0 spiro atoms. The van der Waals surface area contributed by atoms with Gasteiger partial charge in [0.1, 0.15) is 13.2 Å². The fourth-order valence-electron chi connectivity index (χ4n) is 3.48. The molecule has 1 atom stereocenters. The van der Waals surface area contributed by atoms with Crippen molar-refractivity contribution < 1.29 is 9.47 Å². The fraction of sp³-hybridized carbons (Fsp3) is 0.368. The van der Waals surface area contributed by atoms with E-state index in [0.29, 0.717) is 19.3 Å². The zero-order valence-corrected chi connectivity index (χ0v) is 14.6. The predicted molar refractivity (Wildman–Crippen MR) is 94.0 cm³/mol. The van der Waals surface area contributed by atoms with Gasteiger partial charge in [0.2, 0.25) is 0 Å². The van der Waals surface area contributed by atoms with Gasteiger partial charge >= 0.3 is 0 Å². The average Bonchev–Trinajstić information content (AvgIpc) is 3.05. The minimum atomic E-state index is 0.467. The third-order valence-corrected chi connectivity index (χ3v) is 5.14. The van der Waals surface area contributed by atoms with Crippen LogP contribution in [0.2, 0.25) is 0 Å². The molecule has 0 amide bonds. The van der Waals surface area contributed by atoms with Crippen molar-refractivity contribution in [3.05, 3.63) is 58.1 Å². The zero-order valence-electron chi connectivity index (χ0n) is 13.0. The molecule has 1 unspecified atom stereocenters. The van der Waals surface area contributed by atoms with Crippen LogP contribution in [-0.2, 0) is 6.54 Å². The first-order valence-electron chi connectivity index (χ1n) is 8.18. The molecule has 23 heavy (non-hydrogen) atoms. The van der Waals surface area contributed by atoms with E-state index in [2.05, 4.69) is 63.3 Å². The molecule has 2 aromatic carbocycles. The van der Waals surface area contributed by atoms with Crippen molar-refractivity contribution in [2.45, 2.75) is 25.4 Å². The Balaban J connectivity index is 1.54. The molecule has 120 valence electrons. The Morgan fingerprint density at radius 3 is 2.61 bits per heavy atom. The van der Waals surface area contributed by atoms with Crippen molar-refractivity contribution in [2.75, 3.05) is 19.8 Å². The molecule has 0 radical (unpaired) electrons. The lowest BCUT2D eigenvalue weighted by Crippen LogP contribution is -2.23. The maximum absolute atomic E-state index is 5.74. The minimum absolute atomic E-state index is 0.467. The lowest BCUT2D eigenvalue weighted by Gasteiger charge is -2.26. The summed E-state index contributed by atoms with van der Waals surface area (Å²) < 4.78 is 12.5. The number of hydrogen-bond acceptors (Lipinski definition) is 3. The molecular formula is C19H20BrNO2. The molecule has 3 nitrogen and oxygen atoms in total. The normalized spacial score (nSPS) is 20.7. The van der Waals surface area contributed by atoms with E-state index < -0.39 is 0 Å². The number of likely N-dealkylation sites (tertiary alicyclic amines) is 1. The maximum Gasteiger partial charge on any atom is 0.161 e. The number of rotatable bonds is 3. The van der Waals surface area contributed by atoms with Crippen molar-refractivity contribution in [3.8, 4) is 11.5 Å². The number of ether oxygens (including phenoxy) is 2. The molecule has 0 bridgehead atoms. The molecule has 2 aliphatic heterocycles. The van der Waals surface area contributed by atoms with Gasteiger partial charge in [0.15, 0.2) is 11.5 Å². The molecule has 0 aliphatic carbocycles. The highest BCUT2D eigenvalue weighted by Crippen LogP contribution is 2.38. The van der Waals surface area contributed by atoms with Crippen LogP contribution in [-0.4, -0.2) is 24.7 Å². The lowest BCUT2D eigenvalue weighted by atomic mass is 10.0. The molecule has 0 aromatic heterocycles. The third-order valence-electron chi connectivity index (χ3n) is 4.61. The van der Waals surface area contributed by atoms with Gasteiger partial charge in [0.25, 0.3) is 0 Å². The second-order valence-electron chi connectivity index (χ2n) is 6.16. The molecular weight excluding hydrogens is 354 g/mol. The highest BCUT2D eigenvalue weighted by Gasteiger charge is 2.27. The number of fused-ring (bicyclic) bond motifs is 1.